The molecule has 7 heteroatoms. The van der Waals surface area contributed by atoms with Crippen molar-refractivity contribution in [3.8, 4) is 0 Å². The van der Waals surface area contributed by atoms with Gasteiger partial charge in [-0.25, -0.2) is 9.50 Å². The number of aromatic amines is 1. The smallest absolute Gasteiger partial charge is 0.276 e. The number of rotatable bonds is 4. The van der Waals surface area contributed by atoms with Gasteiger partial charge < -0.3 is 9.72 Å². The van der Waals surface area contributed by atoms with Gasteiger partial charge in [0.1, 0.15) is 11.6 Å². The Morgan fingerprint density at radius 1 is 1.20 bits per heavy atom. The van der Waals surface area contributed by atoms with E-state index in [1.165, 1.54) is 11.1 Å². The van der Waals surface area contributed by atoms with Gasteiger partial charge in [0.2, 0.25) is 0 Å². The zero-order valence-electron chi connectivity index (χ0n) is 17.7. The molecule has 0 radical (unpaired) electrons. The number of nitrogens with one attached hydrogen (secondary N) is 1. The third-order valence-electron chi connectivity index (χ3n) is 6.73. The number of fused-ring (bicyclic) bond motifs is 1. The minimum absolute atomic E-state index is 0.102. The van der Waals surface area contributed by atoms with Crippen LogP contribution >= 0.6 is 0 Å². The van der Waals surface area contributed by atoms with Crippen LogP contribution in [0.4, 0.5) is 0 Å². The second-order valence-corrected chi connectivity index (χ2v) is 8.84. The summed E-state index contributed by atoms with van der Waals surface area (Å²) in [6.07, 6.45) is 3.50. The van der Waals surface area contributed by atoms with E-state index in [1.54, 1.807) is 10.7 Å². The molecule has 1 aromatic carbocycles. The molecule has 0 saturated carbocycles. The number of benzene rings is 1. The molecular formula is C23H29N5O2. The first kappa shape index (κ1) is 19.5. The van der Waals surface area contributed by atoms with Gasteiger partial charge in [-0.2, -0.15) is 5.10 Å². The first-order chi connectivity index (χ1) is 14.6. The maximum absolute atomic E-state index is 12.8. The highest BCUT2D eigenvalue weighted by atomic mass is 16.5. The van der Waals surface area contributed by atoms with Gasteiger partial charge in [-0.1, -0.05) is 31.2 Å². The predicted octanol–water partition coefficient (Wildman–Crippen LogP) is 2.86. The number of imidazole rings is 1. The van der Waals surface area contributed by atoms with Gasteiger partial charge in [0.25, 0.3) is 5.56 Å². The molecule has 0 bridgehead atoms. The molecule has 1 N–H and O–H groups in total. The van der Waals surface area contributed by atoms with Crippen LogP contribution in [-0.2, 0) is 11.3 Å². The van der Waals surface area contributed by atoms with E-state index in [2.05, 4.69) is 53.0 Å². The Morgan fingerprint density at radius 2 is 2.00 bits per heavy atom. The number of nitrogens with zero attached hydrogens (tertiary/aromatic N) is 4. The third-order valence-corrected chi connectivity index (χ3v) is 6.73. The van der Waals surface area contributed by atoms with Crippen LogP contribution in [0, 0.1) is 12.8 Å². The molecule has 7 nitrogen and oxygen atoms in total. The summed E-state index contributed by atoms with van der Waals surface area (Å²) >= 11 is 0. The molecule has 2 fully saturated rings. The van der Waals surface area contributed by atoms with Gasteiger partial charge in [0.05, 0.1) is 6.20 Å². The van der Waals surface area contributed by atoms with E-state index < -0.39 is 0 Å². The lowest BCUT2D eigenvalue weighted by Gasteiger charge is -2.21. The molecule has 3 aromatic rings. The van der Waals surface area contributed by atoms with Crippen molar-refractivity contribution in [1.29, 1.82) is 0 Å². The monoisotopic (exact) mass is 407 g/mol. The molecule has 2 aliphatic heterocycles. The summed E-state index contributed by atoms with van der Waals surface area (Å²) in [5, 5.41) is 4.89. The minimum atomic E-state index is -0.102. The number of ether oxygens (including phenoxy) is 1. The van der Waals surface area contributed by atoms with Crippen LogP contribution in [0.3, 0.4) is 0 Å². The van der Waals surface area contributed by atoms with Crippen molar-refractivity contribution < 1.29 is 4.74 Å². The Morgan fingerprint density at radius 3 is 2.80 bits per heavy atom. The second-order valence-electron chi connectivity index (χ2n) is 8.84. The van der Waals surface area contributed by atoms with Crippen LogP contribution in [0.2, 0.25) is 0 Å². The summed E-state index contributed by atoms with van der Waals surface area (Å²) in [7, 11) is 0. The van der Waals surface area contributed by atoms with Crippen molar-refractivity contribution in [1.82, 2.24) is 24.5 Å². The molecule has 5 rings (SSSR count). The third kappa shape index (κ3) is 3.56. The number of likely N-dealkylation sites (tertiary alicyclic amines) is 1. The highest BCUT2D eigenvalue weighted by Gasteiger charge is 2.33. The highest BCUT2D eigenvalue weighted by molar-refractivity contribution is 5.42. The zero-order valence-corrected chi connectivity index (χ0v) is 17.7. The fraction of sp³-hybridized carbons (Fsp3) is 0.522. The van der Waals surface area contributed by atoms with Gasteiger partial charge >= 0.3 is 0 Å². The first-order valence-corrected chi connectivity index (χ1v) is 10.9. The molecule has 0 aliphatic carbocycles. The summed E-state index contributed by atoms with van der Waals surface area (Å²) < 4.78 is 7.28. The quantitative estimate of drug-likeness (QED) is 0.720. The lowest BCUT2D eigenvalue weighted by Crippen LogP contribution is -2.24. The fourth-order valence-corrected chi connectivity index (χ4v) is 4.91. The summed E-state index contributed by atoms with van der Waals surface area (Å²) in [5.41, 5.74) is 3.11. The average Bonchev–Trinajstić information content (AvgIpc) is 3.34. The average molecular weight is 408 g/mol. The molecule has 2 saturated heterocycles. The summed E-state index contributed by atoms with van der Waals surface area (Å²) in [5.74, 6) is 2.59. The van der Waals surface area contributed by atoms with Crippen LogP contribution in [0.5, 0.6) is 0 Å². The predicted molar refractivity (Wildman–Crippen MR) is 115 cm³/mol. The van der Waals surface area contributed by atoms with Gasteiger partial charge in [0.15, 0.2) is 5.52 Å². The Hall–Kier alpha value is -2.51. The number of aryl methyl sites for hydroxylation is 1. The van der Waals surface area contributed by atoms with Crippen molar-refractivity contribution in [2.75, 3.05) is 26.3 Å². The Bertz CT molecular complexity index is 1100. The SMILES string of the molecule is Cc1ccccc1CN1CC(C)C(c2nn3c(C4CCOCC4)ncc3c(=O)[nH]2)C1. The minimum Gasteiger partial charge on any atom is -0.381 e. The maximum Gasteiger partial charge on any atom is 0.276 e. The lowest BCUT2D eigenvalue weighted by molar-refractivity contribution is 0.0832. The van der Waals surface area contributed by atoms with E-state index in [-0.39, 0.29) is 11.5 Å². The Kier molecular flexibility index (Phi) is 5.16. The molecule has 2 unspecified atom stereocenters. The summed E-state index contributed by atoms with van der Waals surface area (Å²) in [4.78, 5) is 22.9. The number of hydrogen-bond acceptors (Lipinski definition) is 5. The molecule has 0 amide bonds. The second kappa shape index (κ2) is 7.96. The molecule has 2 aliphatic rings. The van der Waals surface area contributed by atoms with E-state index in [1.807, 2.05) is 0 Å². The maximum atomic E-state index is 12.8. The van der Waals surface area contributed by atoms with Crippen LogP contribution < -0.4 is 5.56 Å². The molecule has 2 aromatic heterocycles. The van der Waals surface area contributed by atoms with Crippen molar-refractivity contribution in [2.24, 2.45) is 5.92 Å². The van der Waals surface area contributed by atoms with Crippen molar-refractivity contribution in [3.63, 3.8) is 0 Å². The van der Waals surface area contributed by atoms with E-state index >= 15 is 0 Å². The van der Waals surface area contributed by atoms with E-state index in [0.29, 0.717) is 17.4 Å². The Labute approximate surface area is 176 Å². The molecule has 30 heavy (non-hydrogen) atoms. The van der Waals surface area contributed by atoms with Crippen molar-refractivity contribution in [2.45, 2.75) is 45.1 Å². The molecular weight excluding hydrogens is 378 g/mol. The van der Waals surface area contributed by atoms with Crippen LogP contribution in [0.25, 0.3) is 5.52 Å². The van der Waals surface area contributed by atoms with Crippen LogP contribution in [0.1, 0.15) is 54.4 Å². The van der Waals surface area contributed by atoms with Crippen LogP contribution in [0.15, 0.2) is 35.3 Å². The summed E-state index contributed by atoms with van der Waals surface area (Å²) in [6, 6.07) is 8.55. The van der Waals surface area contributed by atoms with Gasteiger partial charge in [-0.15, -0.1) is 0 Å². The molecule has 0 spiro atoms. The normalized spacial score (nSPS) is 23.4. The largest absolute Gasteiger partial charge is 0.381 e. The standard InChI is InChI=1S/C23H29N5O2/c1-15-5-3-4-6-18(15)13-27-12-16(2)19(14-27)21-25-23(29)20-11-24-22(28(20)26-21)17-7-9-30-10-8-17/h3-6,11,16-17,19H,7-10,12-14H2,1-2H3,(H,25,26,29). The summed E-state index contributed by atoms with van der Waals surface area (Å²) in [6.45, 7) is 8.71. The fourth-order valence-electron chi connectivity index (χ4n) is 4.91. The first-order valence-electron chi connectivity index (χ1n) is 10.9. The number of hydrogen-bond donors (Lipinski definition) is 1. The molecule has 2 atom stereocenters. The number of H-pyrrole nitrogens is 1. The van der Waals surface area contributed by atoms with E-state index in [4.69, 9.17) is 9.84 Å². The van der Waals surface area contributed by atoms with E-state index in [9.17, 15) is 4.79 Å². The van der Waals surface area contributed by atoms with Gasteiger partial charge in [0, 0.05) is 44.7 Å². The molecule has 158 valence electrons. The lowest BCUT2D eigenvalue weighted by atomic mass is 9.97. The zero-order chi connectivity index (χ0) is 20.7. The van der Waals surface area contributed by atoms with Crippen molar-refractivity contribution >= 4 is 5.52 Å². The Balaban J connectivity index is 1.42. The van der Waals surface area contributed by atoms with Crippen molar-refractivity contribution in [3.05, 3.63) is 63.6 Å². The number of aromatic nitrogens is 4. The highest BCUT2D eigenvalue weighted by Crippen LogP contribution is 2.32. The molecule has 4 heterocycles. The topological polar surface area (TPSA) is 75.5 Å². The van der Waals surface area contributed by atoms with Gasteiger partial charge in [-0.05, 0) is 36.8 Å². The van der Waals surface area contributed by atoms with Crippen LogP contribution in [-0.4, -0.2) is 50.8 Å². The van der Waals surface area contributed by atoms with Gasteiger partial charge in [-0.3, -0.25) is 9.69 Å². The van der Waals surface area contributed by atoms with E-state index in [0.717, 1.165) is 57.3 Å².